The second-order valence-electron chi connectivity index (χ2n) is 5.82. The fourth-order valence-corrected chi connectivity index (χ4v) is 2.89. The van der Waals surface area contributed by atoms with Crippen LogP contribution in [-0.2, 0) is 6.42 Å². The van der Waals surface area contributed by atoms with Crippen LogP contribution in [0, 0.1) is 6.92 Å². The van der Waals surface area contributed by atoms with Crippen LogP contribution in [0.5, 0.6) is 0 Å². The molecule has 2 amide bonds. The highest BCUT2D eigenvalue weighted by Crippen LogP contribution is 2.19. The van der Waals surface area contributed by atoms with Crippen molar-refractivity contribution >= 4 is 6.03 Å². The number of hydrogen-bond donors (Lipinski definition) is 2. The molecule has 0 bridgehead atoms. The quantitative estimate of drug-likeness (QED) is 0.875. The third kappa shape index (κ3) is 4.74. The lowest BCUT2D eigenvalue weighted by Gasteiger charge is -2.35. The maximum Gasteiger partial charge on any atom is 0.317 e. The lowest BCUT2D eigenvalue weighted by atomic mass is 10.0. The van der Waals surface area contributed by atoms with Gasteiger partial charge in [-0.3, -0.25) is 0 Å². The maximum absolute atomic E-state index is 12.3. The number of hydrogen-bond acceptors (Lipinski definition) is 2. The van der Waals surface area contributed by atoms with E-state index in [1.54, 1.807) is 0 Å². The van der Waals surface area contributed by atoms with Crippen molar-refractivity contribution in [3.8, 4) is 0 Å². The van der Waals surface area contributed by atoms with Crippen molar-refractivity contribution in [3.05, 3.63) is 35.4 Å². The minimum Gasteiger partial charge on any atom is -0.396 e. The Bertz CT molecular complexity index is 443. The van der Waals surface area contributed by atoms with Crippen LogP contribution < -0.4 is 5.32 Å². The number of urea groups is 1. The zero-order chi connectivity index (χ0) is 15.1. The zero-order valence-corrected chi connectivity index (χ0v) is 12.8. The summed E-state index contributed by atoms with van der Waals surface area (Å²) < 4.78 is 0. The zero-order valence-electron chi connectivity index (χ0n) is 12.8. The van der Waals surface area contributed by atoms with Gasteiger partial charge in [-0.1, -0.05) is 29.8 Å². The Balaban J connectivity index is 1.78. The Morgan fingerprint density at radius 2 is 2.10 bits per heavy atom. The molecule has 0 aliphatic carbocycles. The summed E-state index contributed by atoms with van der Waals surface area (Å²) in [6.45, 7) is 3.69. The molecule has 1 saturated heterocycles. The minimum absolute atomic E-state index is 0.0141. The van der Waals surface area contributed by atoms with E-state index in [-0.39, 0.29) is 18.7 Å². The summed E-state index contributed by atoms with van der Waals surface area (Å²) >= 11 is 0. The normalized spacial score (nSPS) is 18.6. The smallest absolute Gasteiger partial charge is 0.317 e. The first-order chi connectivity index (χ1) is 10.2. The molecule has 1 aliphatic rings. The van der Waals surface area contributed by atoms with E-state index in [2.05, 4.69) is 36.5 Å². The third-order valence-electron chi connectivity index (χ3n) is 4.16. The van der Waals surface area contributed by atoms with Crippen molar-refractivity contribution in [1.29, 1.82) is 0 Å². The molecule has 4 heteroatoms. The molecular formula is C17H26N2O2. The maximum atomic E-state index is 12.3. The Kier molecular flexibility index (Phi) is 6.05. The number of nitrogens with zero attached hydrogens (tertiary/aromatic N) is 1. The molecule has 2 N–H and O–H groups in total. The van der Waals surface area contributed by atoms with Gasteiger partial charge < -0.3 is 15.3 Å². The molecule has 1 aromatic carbocycles. The summed E-state index contributed by atoms with van der Waals surface area (Å²) in [5.74, 6) is 0. The number of aliphatic hydroxyl groups is 1. The molecule has 116 valence electrons. The minimum atomic E-state index is 0.0141. The molecule has 1 atom stereocenters. The molecule has 2 rings (SSSR count). The van der Waals surface area contributed by atoms with E-state index < -0.39 is 0 Å². The van der Waals surface area contributed by atoms with Crippen LogP contribution in [0.4, 0.5) is 4.79 Å². The number of amides is 2. The van der Waals surface area contributed by atoms with Gasteiger partial charge in [-0.25, -0.2) is 4.79 Å². The number of carbonyl (C=O) groups is 1. The summed E-state index contributed by atoms with van der Waals surface area (Å²) in [6.07, 6.45) is 4.76. The van der Waals surface area contributed by atoms with Gasteiger partial charge in [0.25, 0.3) is 0 Å². The number of aryl methyl sites for hydroxylation is 1. The summed E-state index contributed by atoms with van der Waals surface area (Å²) in [5, 5.41) is 12.1. The highest BCUT2D eigenvalue weighted by atomic mass is 16.3. The van der Waals surface area contributed by atoms with Gasteiger partial charge in [0.2, 0.25) is 0 Å². The van der Waals surface area contributed by atoms with Gasteiger partial charge in [0.15, 0.2) is 0 Å². The van der Waals surface area contributed by atoms with E-state index >= 15 is 0 Å². The van der Waals surface area contributed by atoms with Crippen molar-refractivity contribution in [2.45, 2.75) is 45.1 Å². The largest absolute Gasteiger partial charge is 0.396 e. The molecule has 0 spiro atoms. The van der Waals surface area contributed by atoms with Gasteiger partial charge in [0.05, 0.1) is 0 Å². The van der Waals surface area contributed by atoms with Crippen molar-refractivity contribution in [3.63, 3.8) is 0 Å². The predicted octanol–water partition coefficient (Wildman–Crippen LogP) is 2.48. The second kappa shape index (κ2) is 8.03. The number of aliphatic hydroxyl groups excluding tert-OH is 1. The molecule has 1 aromatic rings. The Hall–Kier alpha value is -1.55. The van der Waals surface area contributed by atoms with Crippen molar-refractivity contribution in [1.82, 2.24) is 10.2 Å². The monoisotopic (exact) mass is 290 g/mol. The number of nitrogens with one attached hydrogen (secondary N) is 1. The summed E-state index contributed by atoms with van der Waals surface area (Å²) in [7, 11) is 0. The van der Waals surface area contributed by atoms with Gasteiger partial charge in [-0.15, -0.1) is 0 Å². The van der Waals surface area contributed by atoms with Crippen LogP contribution in [0.25, 0.3) is 0 Å². The van der Waals surface area contributed by atoms with Crippen molar-refractivity contribution in [2.24, 2.45) is 0 Å². The van der Waals surface area contributed by atoms with Gasteiger partial charge in [-0.05, 0) is 44.6 Å². The predicted molar refractivity (Wildman–Crippen MR) is 84.3 cm³/mol. The van der Waals surface area contributed by atoms with E-state index in [9.17, 15) is 4.79 Å². The van der Waals surface area contributed by atoms with Crippen LogP contribution in [0.2, 0.25) is 0 Å². The van der Waals surface area contributed by atoms with Crippen molar-refractivity contribution < 1.29 is 9.90 Å². The van der Waals surface area contributed by atoms with Crippen LogP contribution in [0.1, 0.15) is 36.8 Å². The van der Waals surface area contributed by atoms with E-state index in [1.807, 2.05) is 4.90 Å². The van der Waals surface area contributed by atoms with Crippen LogP contribution in [0.15, 0.2) is 24.3 Å². The third-order valence-corrected chi connectivity index (χ3v) is 4.16. The lowest BCUT2D eigenvalue weighted by Crippen LogP contribution is -2.49. The molecule has 1 fully saturated rings. The summed E-state index contributed by atoms with van der Waals surface area (Å²) in [6, 6.07) is 8.62. The van der Waals surface area contributed by atoms with E-state index in [4.69, 9.17) is 5.11 Å². The summed E-state index contributed by atoms with van der Waals surface area (Å²) in [5.41, 5.74) is 2.49. The first-order valence-corrected chi connectivity index (χ1v) is 7.91. The fraction of sp³-hybridized carbons (Fsp3) is 0.588. The number of piperidine rings is 1. The highest BCUT2D eigenvalue weighted by molar-refractivity contribution is 5.74. The Labute approximate surface area is 127 Å². The van der Waals surface area contributed by atoms with Gasteiger partial charge in [0, 0.05) is 25.7 Å². The van der Waals surface area contributed by atoms with Crippen LogP contribution >= 0.6 is 0 Å². The first-order valence-electron chi connectivity index (χ1n) is 7.91. The standard InChI is InChI=1S/C17H26N2O2/c1-14-5-7-15(8-6-14)9-11-18-17(21)19-12-3-2-4-16(19)10-13-20/h5-8,16,20H,2-4,9-13H2,1H3,(H,18,21)/t16-/m1/s1. The molecule has 21 heavy (non-hydrogen) atoms. The first kappa shape index (κ1) is 15.8. The van der Waals surface area contributed by atoms with E-state index in [0.29, 0.717) is 13.0 Å². The van der Waals surface area contributed by atoms with E-state index in [0.717, 1.165) is 32.2 Å². The fourth-order valence-electron chi connectivity index (χ4n) is 2.89. The lowest BCUT2D eigenvalue weighted by molar-refractivity contribution is 0.132. The van der Waals surface area contributed by atoms with Crippen LogP contribution in [-0.4, -0.2) is 41.8 Å². The molecule has 4 nitrogen and oxygen atoms in total. The average molecular weight is 290 g/mol. The van der Waals surface area contributed by atoms with Gasteiger partial charge >= 0.3 is 6.03 Å². The molecule has 0 radical (unpaired) electrons. The molecule has 0 aromatic heterocycles. The van der Waals surface area contributed by atoms with Gasteiger partial charge in [0.1, 0.15) is 0 Å². The van der Waals surface area contributed by atoms with Crippen LogP contribution in [0.3, 0.4) is 0 Å². The topological polar surface area (TPSA) is 52.6 Å². The average Bonchev–Trinajstić information content (AvgIpc) is 2.50. The van der Waals surface area contributed by atoms with E-state index in [1.165, 1.54) is 11.1 Å². The molecule has 0 unspecified atom stereocenters. The molecular weight excluding hydrogens is 264 g/mol. The molecule has 1 aliphatic heterocycles. The SMILES string of the molecule is Cc1ccc(CCNC(=O)N2CCCC[C@@H]2CCO)cc1. The second-order valence-corrected chi connectivity index (χ2v) is 5.82. The number of likely N-dealkylation sites (tertiary alicyclic amines) is 1. The highest BCUT2D eigenvalue weighted by Gasteiger charge is 2.25. The number of rotatable bonds is 5. The Morgan fingerprint density at radius 1 is 1.33 bits per heavy atom. The number of carbonyl (C=O) groups excluding carboxylic acids is 1. The summed E-state index contributed by atoms with van der Waals surface area (Å²) in [4.78, 5) is 14.2. The molecule has 1 heterocycles. The number of benzene rings is 1. The van der Waals surface area contributed by atoms with Crippen molar-refractivity contribution in [2.75, 3.05) is 19.7 Å². The van der Waals surface area contributed by atoms with Gasteiger partial charge in [-0.2, -0.15) is 0 Å². The molecule has 0 saturated carbocycles. The Morgan fingerprint density at radius 3 is 2.81 bits per heavy atom.